The van der Waals surface area contributed by atoms with Gasteiger partial charge in [0.1, 0.15) is 6.21 Å². The van der Waals surface area contributed by atoms with E-state index >= 15 is 0 Å². The van der Waals surface area contributed by atoms with Crippen LogP contribution in [0.3, 0.4) is 0 Å². The number of hydrogen-bond acceptors (Lipinski definition) is 3. The highest BCUT2D eigenvalue weighted by atomic mass is 16.4. The van der Waals surface area contributed by atoms with Crippen LogP contribution in [0.25, 0.3) is 0 Å². The van der Waals surface area contributed by atoms with E-state index in [0.29, 0.717) is 0 Å². The van der Waals surface area contributed by atoms with Crippen molar-refractivity contribution >= 4 is 18.4 Å². The Labute approximate surface area is 75.2 Å². The van der Waals surface area contributed by atoms with Crippen LogP contribution in [0, 0.1) is 0 Å². The Kier molecular flexibility index (Phi) is 3.38. The maximum absolute atomic E-state index is 9.99. The average Bonchev–Trinajstić information content (AvgIpc) is 2.14. The maximum atomic E-state index is 9.99. The summed E-state index contributed by atoms with van der Waals surface area (Å²) in [5.41, 5.74) is 0.880. The smallest absolute Gasteiger partial charge is 0.348 e. The van der Waals surface area contributed by atoms with Crippen molar-refractivity contribution in [3.63, 3.8) is 0 Å². The molecule has 0 spiro atoms. The van der Waals surface area contributed by atoms with Gasteiger partial charge in [0, 0.05) is 0 Å². The van der Waals surface area contributed by atoms with Crippen LogP contribution >= 0.6 is 0 Å². The molecule has 66 valence electrons. The second-order valence-electron chi connectivity index (χ2n) is 2.24. The molecule has 0 aliphatic carbocycles. The molecule has 0 aliphatic rings. The zero-order valence-corrected chi connectivity index (χ0v) is 6.79. The molecule has 0 unspecified atom stereocenters. The van der Waals surface area contributed by atoms with Gasteiger partial charge < -0.3 is 5.11 Å². The molecule has 4 heteroatoms. The van der Waals surface area contributed by atoms with Crippen molar-refractivity contribution in [1.82, 2.24) is 0 Å². The number of carbonyl (C=O) groups is 1. The van der Waals surface area contributed by atoms with Crippen molar-refractivity contribution in [2.45, 2.75) is 0 Å². The number of hydrogen-bond donors (Lipinski definition) is 1. The average molecular weight is 176 g/mol. The van der Waals surface area contributed by atoms with E-state index < -0.39 is 5.97 Å². The molecule has 0 amide bonds. The molecule has 0 saturated heterocycles. The highest BCUT2D eigenvalue weighted by Crippen LogP contribution is 1.93. The molecule has 13 heavy (non-hydrogen) atoms. The summed E-state index contributed by atoms with van der Waals surface area (Å²) in [5, 5.41) is 15.0. The Morgan fingerprint density at radius 2 is 1.92 bits per heavy atom. The minimum absolute atomic E-state index is 0.736. The topological polar surface area (TPSA) is 62.0 Å². The SMILES string of the molecule is O=C(O)C=N/N=C\c1ccccc1. The van der Waals surface area contributed by atoms with E-state index in [9.17, 15) is 4.79 Å². The van der Waals surface area contributed by atoms with E-state index in [1.807, 2.05) is 30.3 Å². The van der Waals surface area contributed by atoms with Crippen molar-refractivity contribution in [2.24, 2.45) is 10.2 Å². The van der Waals surface area contributed by atoms with Gasteiger partial charge in [-0.1, -0.05) is 30.3 Å². The second-order valence-corrected chi connectivity index (χ2v) is 2.24. The maximum Gasteiger partial charge on any atom is 0.348 e. The van der Waals surface area contributed by atoms with Crippen LogP contribution < -0.4 is 0 Å². The van der Waals surface area contributed by atoms with Crippen LogP contribution in [0.4, 0.5) is 0 Å². The number of rotatable bonds is 3. The normalized spacial score (nSPS) is 11.1. The summed E-state index contributed by atoms with van der Waals surface area (Å²) in [6.45, 7) is 0. The second kappa shape index (κ2) is 4.82. The van der Waals surface area contributed by atoms with Crippen LogP contribution in [0.15, 0.2) is 40.5 Å². The van der Waals surface area contributed by atoms with Gasteiger partial charge in [-0.05, 0) is 5.56 Å². The van der Waals surface area contributed by atoms with Gasteiger partial charge in [-0.3, -0.25) is 0 Å². The van der Waals surface area contributed by atoms with Crippen molar-refractivity contribution < 1.29 is 9.90 Å². The Bertz CT molecular complexity index is 331. The molecule has 0 atom stereocenters. The summed E-state index contributed by atoms with van der Waals surface area (Å²) in [4.78, 5) is 9.99. The molecular formula is C9H8N2O2. The lowest BCUT2D eigenvalue weighted by molar-refractivity contribution is -0.128. The van der Waals surface area contributed by atoms with E-state index in [-0.39, 0.29) is 0 Å². The lowest BCUT2D eigenvalue weighted by atomic mass is 10.2. The highest BCUT2D eigenvalue weighted by molar-refractivity contribution is 6.21. The third kappa shape index (κ3) is 3.81. The number of nitrogens with zero attached hydrogens (tertiary/aromatic N) is 2. The summed E-state index contributed by atoms with van der Waals surface area (Å²) in [7, 11) is 0. The Balaban J connectivity index is 2.55. The summed E-state index contributed by atoms with van der Waals surface area (Å²) in [5.74, 6) is -1.11. The first-order valence-electron chi connectivity index (χ1n) is 3.63. The molecule has 0 bridgehead atoms. The summed E-state index contributed by atoms with van der Waals surface area (Å²) in [6, 6.07) is 9.31. The van der Waals surface area contributed by atoms with E-state index in [2.05, 4.69) is 10.2 Å². The monoisotopic (exact) mass is 176 g/mol. The van der Waals surface area contributed by atoms with Crippen LogP contribution in [-0.2, 0) is 4.79 Å². The molecular weight excluding hydrogens is 168 g/mol. The van der Waals surface area contributed by atoms with Gasteiger partial charge in [0.05, 0.1) is 6.21 Å². The molecule has 4 nitrogen and oxygen atoms in total. The number of carboxylic acid groups (broad SMARTS) is 1. The molecule has 0 fully saturated rings. The van der Waals surface area contributed by atoms with Crippen molar-refractivity contribution in [3.8, 4) is 0 Å². The van der Waals surface area contributed by atoms with Crippen molar-refractivity contribution in [2.75, 3.05) is 0 Å². The van der Waals surface area contributed by atoms with Crippen molar-refractivity contribution in [3.05, 3.63) is 35.9 Å². The minimum Gasteiger partial charge on any atom is -0.477 e. The third-order valence-electron chi connectivity index (χ3n) is 1.24. The zero-order chi connectivity index (χ0) is 9.52. The fraction of sp³-hybridized carbons (Fsp3) is 0. The van der Waals surface area contributed by atoms with Gasteiger partial charge in [-0.2, -0.15) is 10.2 Å². The molecule has 0 aliphatic heterocycles. The van der Waals surface area contributed by atoms with Crippen molar-refractivity contribution in [1.29, 1.82) is 0 Å². The first-order valence-corrected chi connectivity index (χ1v) is 3.63. The molecule has 1 N–H and O–H groups in total. The summed E-state index contributed by atoms with van der Waals surface area (Å²) < 4.78 is 0. The molecule has 0 heterocycles. The summed E-state index contributed by atoms with van der Waals surface area (Å²) >= 11 is 0. The molecule has 0 aromatic heterocycles. The van der Waals surface area contributed by atoms with E-state index in [1.54, 1.807) is 0 Å². The summed E-state index contributed by atoms with van der Waals surface area (Å²) in [6.07, 6.45) is 2.22. The van der Waals surface area contributed by atoms with Crippen LogP contribution in [-0.4, -0.2) is 23.5 Å². The minimum atomic E-state index is -1.11. The van der Waals surface area contributed by atoms with E-state index in [1.165, 1.54) is 6.21 Å². The fourth-order valence-corrected chi connectivity index (χ4v) is 0.722. The van der Waals surface area contributed by atoms with Gasteiger partial charge >= 0.3 is 5.97 Å². The molecule has 0 saturated carbocycles. The van der Waals surface area contributed by atoms with Gasteiger partial charge in [0.15, 0.2) is 0 Å². The predicted molar refractivity (Wildman–Crippen MR) is 50.2 cm³/mol. The molecule has 1 rings (SSSR count). The highest BCUT2D eigenvalue weighted by Gasteiger charge is 1.84. The van der Waals surface area contributed by atoms with E-state index in [4.69, 9.17) is 5.11 Å². The molecule has 1 aromatic rings. The largest absolute Gasteiger partial charge is 0.477 e. The lowest BCUT2D eigenvalue weighted by Crippen LogP contribution is -1.93. The predicted octanol–water partition coefficient (Wildman–Crippen LogP) is 1.18. The standard InChI is InChI=1S/C9H8N2O2/c12-9(13)7-11-10-6-8-4-2-1-3-5-8/h1-7H,(H,12,13)/b10-6-,11-7?. The first kappa shape index (κ1) is 9.12. The van der Waals surface area contributed by atoms with Crippen LogP contribution in [0.5, 0.6) is 0 Å². The van der Waals surface area contributed by atoms with Gasteiger partial charge in [0.2, 0.25) is 0 Å². The molecule has 1 aromatic carbocycles. The number of benzene rings is 1. The Hall–Kier alpha value is -1.97. The lowest BCUT2D eigenvalue weighted by Gasteiger charge is -1.86. The van der Waals surface area contributed by atoms with Gasteiger partial charge in [-0.15, -0.1) is 0 Å². The zero-order valence-electron chi connectivity index (χ0n) is 6.79. The Morgan fingerprint density at radius 3 is 2.54 bits per heavy atom. The number of carboxylic acids is 1. The fourth-order valence-electron chi connectivity index (χ4n) is 0.722. The quantitative estimate of drug-likeness (QED) is 0.555. The molecule has 0 radical (unpaired) electrons. The van der Waals surface area contributed by atoms with Crippen LogP contribution in [0.1, 0.15) is 5.56 Å². The Morgan fingerprint density at radius 1 is 1.23 bits per heavy atom. The third-order valence-corrected chi connectivity index (χ3v) is 1.24. The number of aliphatic carboxylic acids is 1. The van der Waals surface area contributed by atoms with Gasteiger partial charge in [0.25, 0.3) is 0 Å². The van der Waals surface area contributed by atoms with E-state index in [0.717, 1.165) is 11.8 Å². The van der Waals surface area contributed by atoms with Crippen LogP contribution in [0.2, 0.25) is 0 Å². The first-order chi connectivity index (χ1) is 6.29. The van der Waals surface area contributed by atoms with Gasteiger partial charge in [-0.25, -0.2) is 4.79 Å².